The summed E-state index contributed by atoms with van der Waals surface area (Å²) in [4.78, 5) is 1.43. The minimum atomic E-state index is 0.456. The van der Waals surface area contributed by atoms with Gasteiger partial charge in [0.2, 0.25) is 0 Å². The summed E-state index contributed by atoms with van der Waals surface area (Å²) in [6.45, 7) is 3.29. The topological polar surface area (TPSA) is 12.0 Å². The maximum Gasteiger partial charge on any atom is 0.0455 e. The van der Waals surface area contributed by atoms with Crippen molar-refractivity contribution in [2.75, 3.05) is 6.54 Å². The molecule has 0 aliphatic carbocycles. The minimum Gasteiger partial charge on any atom is -0.309 e. The maximum absolute atomic E-state index is 3.63. The molecule has 90 valence electrons. The van der Waals surface area contributed by atoms with Crippen molar-refractivity contribution in [2.45, 2.75) is 25.8 Å². The third kappa shape index (κ3) is 3.69. The van der Waals surface area contributed by atoms with Crippen molar-refractivity contribution in [3.8, 4) is 0 Å². The Morgan fingerprint density at radius 2 is 1.94 bits per heavy atom. The smallest absolute Gasteiger partial charge is 0.0455 e. The molecule has 1 N–H and O–H groups in total. The van der Waals surface area contributed by atoms with E-state index in [0.717, 1.165) is 13.0 Å². The first-order valence-electron chi connectivity index (χ1n) is 6.21. The van der Waals surface area contributed by atoms with Gasteiger partial charge in [-0.25, -0.2) is 0 Å². The van der Waals surface area contributed by atoms with Gasteiger partial charge in [0.15, 0.2) is 0 Å². The second kappa shape index (κ2) is 6.58. The highest BCUT2D eigenvalue weighted by molar-refractivity contribution is 7.10. The predicted octanol–water partition coefficient (Wildman–Crippen LogP) is 4.03. The first kappa shape index (κ1) is 12.3. The van der Waals surface area contributed by atoms with E-state index < -0.39 is 0 Å². The second-order valence-electron chi connectivity index (χ2n) is 4.21. The second-order valence-corrected chi connectivity index (χ2v) is 5.19. The summed E-state index contributed by atoms with van der Waals surface area (Å²) in [7, 11) is 0. The first-order chi connectivity index (χ1) is 8.40. The Kier molecular flexibility index (Phi) is 4.77. The lowest BCUT2D eigenvalue weighted by atomic mass is 10.0. The van der Waals surface area contributed by atoms with Gasteiger partial charge in [0.05, 0.1) is 0 Å². The van der Waals surface area contributed by atoms with Crippen LogP contribution in [0.15, 0.2) is 47.8 Å². The molecule has 0 radical (unpaired) electrons. The van der Waals surface area contributed by atoms with Crippen LogP contribution < -0.4 is 5.32 Å². The van der Waals surface area contributed by atoms with Crippen LogP contribution in [0.4, 0.5) is 0 Å². The molecule has 0 bridgehead atoms. The standard InChI is InChI=1S/C15H19NS/c1-2-10-16-14(15-9-6-11-17-15)12-13-7-4-3-5-8-13/h3-9,11,14,16H,2,10,12H2,1H3. The van der Waals surface area contributed by atoms with Crippen LogP contribution in [0.25, 0.3) is 0 Å². The number of benzene rings is 1. The van der Waals surface area contributed by atoms with Crippen molar-refractivity contribution in [3.63, 3.8) is 0 Å². The molecule has 0 aliphatic heterocycles. The predicted molar refractivity (Wildman–Crippen MR) is 75.5 cm³/mol. The van der Waals surface area contributed by atoms with E-state index in [-0.39, 0.29) is 0 Å². The van der Waals surface area contributed by atoms with Crippen molar-refractivity contribution in [3.05, 3.63) is 58.3 Å². The van der Waals surface area contributed by atoms with Crippen molar-refractivity contribution >= 4 is 11.3 Å². The third-order valence-corrected chi connectivity index (χ3v) is 3.80. The zero-order valence-electron chi connectivity index (χ0n) is 10.2. The van der Waals surface area contributed by atoms with Gasteiger partial charge in [0, 0.05) is 10.9 Å². The average molecular weight is 245 g/mol. The summed E-state index contributed by atoms with van der Waals surface area (Å²) in [5, 5.41) is 5.78. The molecule has 0 aliphatic rings. The molecule has 0 spiro atoms. The van der Waals surface area contributed by atoms with Crippen molar-refractivity contribution in [2.24, 2.45) is 0 Å². The SMILES string of the molecule is CCCNC(Cc1ccccc1)c1cccs1. The average Bonchev–Trinajstić information content (AvgIpc) is 2.89. The van der Waals surface area contributed by atoms with Crippen LogP contribution in [0.5, 0.6) is 0 Å². The fourth-order valence-corrected chi connectivity index (χ4v) is 2.73. The number of rotatable bonds is 6. The molecule has 0 fully saturated rings. The van der Waals surface area contributed by atoms with E-state index >= 15 is 0 Å². The van der Waals surface area contributed by atoms with Crippen LogP contribution in [-0.4, -0.2) is 6.54 Å². The lowest BCUT2D eigenvalue weighted by Gasteiger charge is -2.17. The molecule has 0 amide bonds. The fourth-order valence-electron chi connectivity index (χ4n) is 1.93. The van der Waals surface area contributed by atoms with Gasteiger partial charge in [-0.15, -0.1) is 11.3 Å². The zero-order valence-corrected chi connectivity index (χ0v) is 11.0. The Bertz CT molecular complexity index is 408. The van der Waals surface area contributed by atoms with E-state index in [1.54, 1.807) is 0 Å². The summed E-state index contributed by atoms with van der Waals surface area (Å²) in [5.74, 6) is 0. The van der Waals surface area contributed by atoms with Crippen LogP contribution in [0.3, 0.4) is 0 Å². The molecular formula is C15H19NS. The van der Waals surface area contributed by atoms with Gasteiger partial charge in [0.1, 0.15) is 0 Å². The molecule has 17 heavy (non-hydrogen) atoms. The Hall–Kier alpha value is -1.12. The molecule has 1 atom stereocenters. The summed E-state index contributed by atoms with van der Waals surface area (Å²) in [6, 6.07) is 15.5. The van der Waals surface area contributed by atoms with E-state index in [1.807, 2.05) is 11.3 Å². The van der Waals surface area contributed by atoms with Crippen LogP contribution in [0.1, 0.15) is 29.8 Å². The first-order valence-corrected chi connectivity index (χ1v) is 7.09. The molecular weight excluding hydrogens is 226 g/mol. The van der Waals surface area contributed by atoms with Gasteiger partial charge in [-0.2, -0.15) is 0 Å². The van der Waals surface area contributed by atoms with Crippen molar-refractivity contribution < 1.29 is 0 Å². The highest BCUT2D eigenvalue weighted by atomic mass is 32.1. The molecule has 1 aromatic heterocycles. The molecule has 1 aromatic carbocycles. The van der Waals surface area contributed by atoms with E-state index in [0.29, 0.717) is 6.04 Å². The van der Waals surface area contributed by atoms with Crippen LogP contribution >= 0.6 is 11.3 Å². The molecule has 1 heterocycles. The molecule has 2 aromatic rings. The van der Waals surface area contributed by atoms with Crippen molar-refractivity contribution in [1.29, 1.82) is 0 Å². The molecule has 0 saturated carbocycles. The Morgan fingerprint density at radius 1 is 1.12 bits per heavy atom. The summed E-state index contributed by atoms with van der Waals surface area (Å²) in [5.41, 5.74) is 1.40. The van der Waals surface area contributed by atoms with Crippen LogP contribution in [-0.2, 0) is 6.42 Å². The van der Waals surface area contributed by atoms with E-state index in [9.17, 15) is 0 Å². The summed E-state index contributed by atoms with van der Waals surface area (Å²) in [6.07, 6.45) is 2.25. The summed E-state index contributed by atoms with van der Waals surface area (Å²) >= 11 is 1.84. The lowest BCUT2D eigenvalue weighted by molar-refractivity contribution is 0.536. The Morgan fingerprint density at radius 3 is 2.59 bits per heavy atom. The number of hydrogen-bond acceptors (Lipinski definition) is 2. The Balaban J connectivity index is 2.06. The lowest BCUT2D eigenvalue weighted by Crippen LogP contribution is -2.23. The maximum atomic E-state index is 3.63. The van der Waals surface area contributed by atoms with E-state index in [4.69, 9.17) is 0 Å². The quantitative estimate of drug-likeness (QED) is 0.810. The monoisotopic (exact) mass is 245 g/mol. The molecule has 2 heteroatoms. The van der Waals surface area contributed by atoms with Gasteiger partial charge >= 0.3 is 0 Å². The Labute approximate surface area is 108 Å². The molecule has 1 unspecified atom stereocenters. The van der Waals surface area contributed by atoms with E-state index in [1.165, 1.54) is 16.9 Å². The number of thiophene rings is 1. The van der Waals surface area contributed by atoms with Crippen LogP contribution in [0, 0.1) is 0 Å². The number of nitrogens with one attached hydrogen (secondary N) is 1. The van der Waals surface area contributed by atoms with Gasteiger partial charge in [-0.1, -0.05) is 43.3 Å². The van der Waals surface area contributed by atoms with Crippen LogP contribution in [0.2, 0.25) is 0 Å². The van der Waals surface area contributed by atoms with Crippen molar-refractivity contribution in [1.82, 2.24) is 5.32 Å². The minimum absolute atomic E-state index is 0.456. The van der Waals surface area contributed by atoms with Gasteiger partial charge in [0.25, 0.3) is 0 Å². The summed E-state index contributed by atoms with van der Waals surface area (Å²) < 4.78 is 0. The third-order valence-electron chi connectivity index (χ3n) is 2.81. The highest BCUT2D eigenvalue weighted by Crippen LogP contribution is 2.22. The molecule has 2 rings (SSSR count). The molecule has 1 nitrogen and oxygen atoms in total. The molecule has 0 saturated heterocycles. The largest absolute Gasteiger partial charge is 0.309 e. The van der Waals surface area contributed by atoms with E-state index in [2.05, 4.69) is 60.1 Å². The number of hydrogen-bond donors (Lipinski definition) is 1. The normalized spacial score (nSPS) is 12.5. The van der Waals surface area contributed by atoms with Gasteiger partial charge in [-0.05, 0) is 36.4 Å². The fraction of sp³-hybridized carbons (Fsp3) is 0.333. The van der Waals surface area contributed by atoms with Gasteiger partial charge in [-0.3, -0.25) is 0 Å². The van der Waals surface area contributed by atoms with Gasteiger partial charge < -0.3 is 5.32 Å². The zero-order chi connectivity index (χ0) is 11.9. The highest BCUT2D eigenvalue weighted by Gasteiger charge is 2.11.